The lowest BCUT2D eigenvalue weighted by Crippen LogP contribution is -2.36. The van der Waals surface area contributed by atoms with Gasteiger partial charge in [-0.15, -0.1) is 0 Å². The second kappa shape index (κ2) is 7.70. The van der Waals surface area contributed by atoms with Crippen molar-refractivity contribution in [2.45, 2.75) is 45.1 Å². The number of nitrogens with zero attached hydrogens (tertiary/aromatic N) is 1. The first kappa shape index (κ1) is 20.3. The van der Waals surface area contributed by atoms with Crippen molar-refractivity contribution in [2.75, 3.05) is 13.1 Å². The number of ether oxygens (including phenoxy) is 1. The summed E-state index contributed by atoms with van der Waals surface area (Å²) in [6.07, 6.45) is -1.79. The van der Waals surface area contributed by atoms with Gasteiger partial charge in [0.25, 0.3) is 0 Å². The molecule has 0 saturated carbocycles. The van der Waals surface area contributed by atoms with Gasteiger partial charge in [0.15, 0.2) is 0 Å². The van der Waals surface area contributed by atoms with E-state index in [9.17, 15) is 23.1 Å². The highest BCUT2D eigenvalue weighted by Crippen LogP contribution is 2.29. The summed E-state index contributed by atoms with van der Waals surface area (Å²) < 4.78 is 42.9. The van der Waals surface area contributed by atoms with Crippen LogP contribution in [0.15, 0.2) is 30.3 Å². The number of likely N-dealkylation sites (tertiary alicyclic amines) is 1. The molecule has 0 radical (unpaired) electrons. The molecule has 1 unspecified atom stereocenters. The number of hydrogen-bond donors (Lipinski definition) is 1. The molecule has 1 fully saturated rings. The molecule has 1 saturated heterocycles. The molecular formula is C19H24F3NO3. The Morgan fingerprint density at radius 1 is 1.27 bits per heavy atom. The summed E-state index contributed by atoms with van der Waals surface area (Å²) in [7, 11) is 0. The van der Waals surface area contributed by atoms with Crippen LogP contribution in [0, 0.1) is 5.92 Å². The molecule has 1 N–H and O–H groups in total. The average molecular weight is 371 g/mol. The Kier molecular flexibility index (Phi) is 6.01. The summed E-state index contributed by atoms with van der Waals surface area (Å²) in [5.41, 5.74) is -0.714. The SMILES string of the molecule is CC(C)(C)OC(=O)N1CC[C@H](C(O)/C=C/c2ccc(C(F)(F)F)cc2)C1. The van der Waals surface area contributed by atoms with Crippen LogP contribution in [0.25, 0.3) is 6.08 Å². The summed E-state index contributed by atoms with van der Waals surface area (Å²) in [5, 5.41) is 10.3. The molecule has 144 valence electrons. The zero-order valence-corrected chi connectivity index (χ0v) is 15.1. The van der Waals surface area contributed by atoms with E-state index >= 15 is 0 Å². The van der Waals surface area contributed by atoms with Gasteiger partial charge in [0.05, 0.1) is 11.7 Å². The molecule has 0 aliphatic carbocycles. The fraction of sp³-hybridized carbons (Fsp3) is 0.526. The van der Waals surface area contributed by atoms with Crippen LogP contribution in [-0.4, -0.2) is 40.9 Å². The minimum atomic E-state index is -4.36. The third kappa shape index (κ3) is 5.76. The number of alkyl halides is 3. The largest absolute Gasteiger partial charge is 0.444 e. The maximum absolute atomic E-state index is 12.5. The van der Waals surface area contributed by atoms with Crippen molar-refractivity contribution in [2.24, 2.45) is 5.92 Å². The number of aliphatic hydroxyl groups excluding tert-OH is 1. The minimum Gasteiger partial charge on any atom is -0.444 e. The Morgan fingerprint density at radius 2 is 1.88 bits per heavy atom. The predicted octanol–water partition coefficient (Wildman–Crippen LogP) is 4.34. The van der Waals surface area contributed by atoms with Gasteiger partial charge in [-0.3, -0.25) is 0 Å². The van der Waals surface area contributed by atoms with Crippen LogP contribution in [0.1, 0.15) is 38.3 Å². The van der Waals surface area contributed by atoms with E-state index in [0.717, 1.165) is 12.1 Å². The van der Waals surface area contributed by atoms with Crippen LogP contribution in [0.5, 0.6) is 0 Å². The second-order valence-electron chi connectivity index (χ2n) is 7.44. The Labute approximate surface area is 151 Å². The predicted molar refractivity (Wildman–Crippen MR) is 92.4 cm³/mol. The molecule has 0 aromatic heterocycles. The van der Waals surface area contributed by atoms with Crippen molar-refractivity contribution in [1.82, 2.24) is 4.90 Å². The van der Waals surface area contributed by atoms with Gasteiger partial charge < -0.3 is 14.7 Å². The number of rotatable bonds is 3. The van der Waals surface area contributed by atoms with Gasteiger partial charge in [0.2, 0.25) is 0 Å². The van der Waals surface area contributed by atoms with E-state index in [1.807, 2.05) is 0 Å². The Bertz CT molecular complexity index is 647. The monoisotopic (exact) mass is 371 g/mol. The molecule has 1 aromatic carbocycles. The molecule has 2 atom stereocenters. The fourth-order valence-electron chi connectivity index (χ4n) is 2.71. The normalized spacial score (nSPS) is 19.8. The van der Waals surface area contributed by atoms with Crippen LogP contribution in [-0.2, 0) is 10.9 Å². The highest BCUT2D eigenvalue weighted by molar-refractivity contribution is 5.68. The quantitative estimate of drug-likeness (QED) is 0.860. The van der Waals surface area contributed by atoms with Crippen LogP contribution in [0.3, 0.4) is 0 Å². The van der Waals surface area contributed by atoms with Gasteiger partial charge in [-0.25, -0.2) is 4.79 Å². The number of carbonyl (C=O) groups is 1. The van der Waals surface area contributed by atoms with Gasteiger partial charge in [0, 0.05) is 19.0 Å². The summed E-state index contributed by atoms with van der Waals surface area (Å²) in [5.74, 6) is -0.131. The first-order valence-corrected chi connectivity index (χ1v) is 8.47. The molecule has 1 amide bonds. The number of hydrogen-bond acceptors (Lipinski definition) is 3. The maximum atomic E-state index is 12.5. The lowest BCUT2D eigenvalue weighted by molar-refractivity contribution is -0.137. The molecule has 7 heteroatoms. The van der Waals surface area contributed by atoms with Crippen molar-refractivity contribution in [3.05, 3.63) is 41.5 Å². The molecule has 0 spiro atoms. The molecule has 4 nitrogen and oxygen atoms in total. The summed E-state index contributed by atoms with van der Waals surface area (Å²) >= 11 is 0. The lowest BCUT2D eigenvalue weighted by Gasteiger charge is -2.24. The topological polar surface area (TPSA) is 49.8 Å². The molecular weight excluding hydrogens is 347 g/mol. The number of carbonyl (C=O) groups excluding carboxylic acids is 1. The third-order valence-corrected chi connectivity index (χ3v) is 4.08. The highest BCUT2D eigenvalue weighted by Gasteiger charge is 2.32. The first-order valence-electron chi connectivity index (χ1n) is 8.47. The van der Waals surface area contributed by atoms with Crippen molar-refractivity contribution in [3.8, 4) is 0 Å². The van der Waals surface area contributed by atoms with Gasteiger partial charge in [-0.2, -0.15) is 13.2 Å². The first-order chi connectivity index (χ1) is 12.0. The van der Waals surface area contributed by atoms with Gasteiger partial charge >= 0.3 is 12.3 Å². The smallest absolute Gasteiger partial charge is 0.416 e. The zero-order chi connectivity index (χ0) is 19.5. The van der Waals surface area contributed by atoms with Crippen molar-refractivity contribution < 1.29 is 27.8 Å². The van der Waals surface area contributed by atoms with E-state index in [4.69, 9.17) is 4.74 Å². The van der Waals surface area contributed by atoms with E-state index in [1.165, 1.54) is 12.1 Å². The number of aliphatic hydroxyl groups is 1. The molecule has 1 aliphatic heterocycles. The van der Waals surface area contributed by atoms with Crippen LogP contribution < -0.4 is 0 Å². The fourth-order valence-corrected chi connectivity index (χ4v) is 2.71. The Hall–Kier alpha value is -2.02. The minimum absolute atomic E-state index is 0.131. The van der Waals surface area contributed by atoms with Crippen LogP contribution >= 0.6 is 0 Å². The third-order valence-electron chi connectivity index (χ3n) is 4.08. The molecule has 1 aliphatic rings. The van der Waals surface area contributed by atoms with Crippen LogP contribution in [0.2, 0.25) is 0 Å². The van der Waals surface area contributed by atoms with E-state index < -0.39 is 29.5 Å². The van der Waals surface area contributed by atoms with Crippen LogP contribution in [0.4, 0.5) is 18.0 Å². The zero-order valence-electron chi connectivity index (χ0n) is 15.1. The lowest BCUT2D eigenvalue weighted by atomic mass is 10.0. The molecule has 26 heavy (non-hydrogen) atoms. The maximum Gasteiger partial charge on any atom is 0.416 e. The highest BCUT2D eigenvalue weighted by atomic mass is 19.4. The van der Waals surface area contributed by atoms with Gasteiger partial charge in [0.1, 0.15) is 5.60 Å². The van der Waals surface area contributed by atoms with Crippen molar-refractivity contribution >= 4 is 12.2 Å². The molecule has 2 rings (SSSR count). The average Bonchev–Trinajstić information content (AvgIpc) is 3.01. The summed E-state index contributed by atoms with van der Waals surface area (Å²) in [6.45, 7) is 6.26. The van der Waals surface area contributed by atoms with Crippen molar-refractivity contribution in [1.29, 1.82) is 0 Å². The molecule has 0 bridgehead atoms. The van der Waals surface area contributed by atoms with Gasteiger partial charge in [-0.05, 0) is 44.9 Å². The molecule has 1 aromatic rings. The second-order valence-corrected chi connectivity index (χ2v) is 7.44. The van der Waals surface area contributed by atoms with E-state index in [-0.39, 0.29) is 5.92 Å². The van der Waals surface area contributed by atoms with E-state index in [1.54, 1.807) is 37.8 Å². The van der Waals surface area contributed by atoms with Crippen molar-refractivity contribution in [3.63, 3.8) is 0 Å². The number of amides is 1. The van der Waals surface area contributed by atoms with Gasteiger partial charge in [-0.1, -0.05) is 24.3 Å². The van der Waals surface area contributed by atoms with E-state index in [2.05, 4.69) is 0 Å². The summed E-state index contributed by atoms with van der Waals surface area (Å²) in [4.78, 5) is 13.6. The van der Waals surface area contributed by atoms with E-state index in [0.29, 0.717) is 25.1 Å². The molecule has 1 heterocycles. The Morgan fingerprint density at radius 3 is 2.42 bits per heavy atom. The Balaban J connectivity index is 1.91. The summed E-state index contributed by atoms with van der Waals surface area (Å²) in [6, 6.07) is 4.72. The number of benzene rings is 1. The standard InChI is InChI=1S/C19H24F3NO3/c1-18(2,3)26-17(25)23-11-10-14(12-23)16(24)9-6-13-4-7-15(8-5-13)19(20,21)22/h4-9,14,16,24H,10-12H2,1-3H3/b9-6+/t14-,16?/m0/s1. The number of halogens is 3.